The van der Waals surface area contributed by atoms with Crippen molar-refractivity contribution in [1.29, 1.82) is 0 Å². The maximum absolute atomic E-state index is 6.21. The molecule has 2 atom stereocenters. The normalized spacial score (nSPS) is 25.6. The second-order valence-electron chi connectivity index (χ2n) is 6.95. The molecule has 0 amide bonds. The predicted molar refractivity (Wildman–Crippen MR) is 86.3 cm³/mol. The van der Waals surface area contributed by atoms with Gasteiger partial charge in [-0.3, -0.25) is 11.3 Å². The molecule has 1 fully saturated rings. The molecule has 0 radical (unpaired) electrons. The van der Waals surface area contributed by atoms with E-state index in [0.717, 1.165) is 10.9 Å². The second-order valence-corrected chi connectivity index (χ2v) is 7.80. The Hall–Kier alpha value is -0.420. The van der Waals surface area contributed by atoms with Crippen molar-refractivity contribution in [2.75, 3.05) is 0 Å². The first kappa shape index (κ1) is 16.0. The molecule has 1 heterocycles. The number of halogens is 1. The molecule has 1 aromatic carbocycles. The summed E-state index contributed by atoms with van der Waals surface area (Å²) in [5.41, 5.74) is 5.13. The highest BCUT2D eigenvalue weighted by molar-refractivity contribution is 9.10. The van der Waals surface area contributed by atoms with Gasteiger partial charge in [0.2, 0.25) is 0 Å². The van der Waals surface area contributed by atoms with E-state index in [0.29, 0.717) is 5.92 Å². The maximum Gasteiger partial charge on any atom is 0.0681 e. The molecule has 0 bridgehead atoms. The van der Waals surface area contributed by atoms with Gasteiger partial charge < -0.3 is 4.74 Å². The van der Waals surface area contributed by atoms with E-state index in [9.17, 15) is 0 Å². The van der Waals surface area contributed by atoms with Crippen LogP contribution in [0.2, 0.25) is 0 Å². The summed E-state index contributed by atoms with van der Waals surface area (Å²) in [6.07, 6.45) is 0.981. The third-order valence-electron chi connectivity index (χ3n) is 4.21. The minimum Gasteiger partial charge on any atom is -0.369 e. The Labute approximate surface area is 130 Å². The van der Waals surface area contributed by atoms with Crippen LogP contribution in [0.5, 0.6) is 0 Å². The Kier molecular flexibility index (Phi) is 4.32. The van der Waals surface area contributed by atoms with E-state index in [2.05, 4.69) is 74.2 Å². The zero-order valence-electron chi connectivity index (χ0n) is 13.0. The topological polar surface area (TPSA) is 47.3 Å². The van der Waals surface area contributed by atoms with Gasteiger partial charge in [-0.05, 0) is 52.7 Å². The van der Waals surface area contributed by atoms with Gasteiger partial charge in [0.05, 0.1) is 17.2 Å². The summed E-state index contributed by atoms with van der Waals surface area (Å²) in [5.74, 6) is 6.21. The van der Waals surface area contributed by atoms with E-state index in [1.807, 2.05) is 0 Å². The zero-order chi connectivity index (χ0) is 15.1. The third-order valence-corrected chi connectivity index (χ3v) is 4.93. The van der Waals surface area contributed by atoms with Gasteiger partial charge in [0.15, 0.2) is 0 Å². The van der Waals surface area contributed by atoms with Crippen LogP contribution in [0.3, 0.4) is 0 Å². The number of hydrogen-bond acceptors (Lipinski definition) is 3. The van der Waals surface area contributed by atoms with Crippen LogP contribution in [0.15, 0.2) is 22.7 Å². The van der Waals surface area contributed by atoms with E-state index in [1.165, 1.54) is 11.1 Å². The molecule has 3 nitrogen and oxygen atoms in total. The lowest BCUT2D eigenvalue weighted by molar-refractivity contribution is -0.0779. The van der Waals surface area contributed by atoms with Crippen molar-refractivity contribution in [3.8, 4) is 0 Å². The molecular formula is C16H25BrN2O. The van der Waals surface area contributed by atoms with Crippen molar-refractivity contribution in [3.63, 3.8) is 0 Å². The zero-order valence-corrected chi connectivity index (χ0v) is 14.5. The first-order valence-corrected chi connectivity index (χ1v) is 7.88. The number of rotatable bonds is 3. The summed E-state index contributed by atoms with van der Waals surface area (Å²) >= 11 is 3.65. The summed E-state index contributed by atoms with van der Waals surface area (Å²) in [4.78, 5) is 0. The molecule has 2 rings (SSSR count). The minimum atomic E-state index is -0.205. The van der Waals surface area contributed by atoms with Crippen molar-refractivity contribution in [2.24, 2.45) is 11.8 Å². The monoisotopic (exact) mass is 340 g/mol. The summed E-state index contributed by atoms with van der Waals surface area (Å²) < 4.78 is 7.30. The molecule has 1 aromatic rings. The minimum absolute atomic E-state index is 0.0704. The largest absolute Gasteiger partial charge is 0.369 e. The lowest BCUT2D eigenvalue weighted by atomic mass is 9.79. The van der Waals surface area contributed by atoms with E-state index in [-0.39, 0.29) is 17.2 Å². The fourth-order valence-corrected chi connectivity index (χ4v) is 3.94. The van der Waals surface area contributed by atoms with Crippen molar-refractivity contribution < 1.29 is 4.74 Å². The molecule has 112 valence electrons. The Morgan fingerprint density at radius 2 is 2.00 bits per heavy atom. The predicted octanol–water partition coefficient (Wildman–Crippen LogP) is 3.86. The van der Waals surface area contributed by atoms with Crippen LogP contribution in [0.1, 0.15) is 51.3 Å². The fraction of sp³-hybridized carbons (Fsp3) is 0.625. The average molecular weight is 341 g/mol. The Morgan fingerprint density at radius 3 is 2.50 bits per heavy atom. The van der Waals surface area contributed by atoms with Gasteiger partial charge in [-0.2, -0.15) is 0 Å². The van der Waals surface area contributed by atoms with Gasteiger partial charge in [0.25, 0.3) is 0 Å². The number of ether oxygens (including phenoxy) is 1. The lowest BCUT2D eigenvalue weighted by Crippen LogP contribution is -2.41. The first-order valence-electron chi connectivity index (χ1n) is 7.09. The summed E-state index contributed by atoms with van der Waals surface area (Å²) in [5, 5.41) is 0. The molecule has 3 N–H and O–H groups in total. The van der Waals surface area contributed by atoms with Gasteiger partial charge in [-0.25, -0.2) is 0 Å². The molecule has 0 spiro atoms. The maximum atomic E-state index is 6.21. The average Bonchev–Trinajstić information content (AvgIpc) is 2.53. The molecule has 1 aliphatic rings. The van der Waals surface area contributed by atoms with E-state index >= 15 is 0 Å². The third kappa shape index (κ3) is 3.08. The molecule has 0 aliphatic carbocycles. The van der Waals surface area contributed by atoms with Crippen LogP contribution < -0.4 is 11.3 Å². The molecule has 20 heavy (non-hydrogen) atoms. The number of aryl methyl sites for hydroxylation is 1. The SMILES string of the molecule is Cc1ccc(Br)c(C(NN)C2CC(C)(C)OC2(C)C)c1. The first-order chi connectivity index (χ1) is 9.16. The lowest BCUT2D eigenvalue weighted by Gasteiger charge is -2.33. The van der Waals surface area contributed by atoms with Crippen LogP contribution >= 0.6 is 15.9 Å². The molecule has 0 aromatic heterocycles. The van der Waals surface area contributed by atoms with Crippen LogP contribution in [-0.4, -0.2) is 11.2 Å². The number of nitrogens with two attached hydrogens (primary N) is 1. The highest BCUT2D eigenvalue weighted by Gasteiger charge is 2.49. The smallest absolute Gasteiger partial charge is 0.0681 e. The van der Waals surface area contributed by atoms with Crippen LogP contribution in [0.4, 0.5) is 0 Å². The van der Waals surface area contributed by atoms with E-state index in [1.54, 1.807) is 0 Å². The molecule has 0 saturated carbocycles. The number of benzene rings is 1. The number of nitrogens with one attached hydrogen (secondary N) is 1. The highest BCUT2D eigenvalue weighted by atomic mass is 79.9. The van der Waals surface area contributed by atoms with Crippen LogP contribution in [-0.2, 0) is 4.74 Å². The molecule has 1 aliphatic heterocycles. The quantitative estimate of drug-likeness (QED) is 0.648. The molecule has 2 unspecified atom stereocenters. The number of hydrazine groups is 1. The fourth-order valence-electron chi connectivity index (χ4n) is 3.45. The van der Waals surface area contributed by atoms with Gasteiger partial charge >= 0.3 is 0 Å². The van der Waals surface area contributed by atoms with Crippen molar-refractivity contribution in [1.82, 2.24) is 5.43 Å². The van der Waals surface area contributed by atoms with Gasteiger partial charge in [-0.15, -0.1) is 0 Å². The summed E-state index contributed by atoms with van der Waals surface area (Å²) in [7, 11) is 0. The number of hydrogen-bond donors (Lipinski definition) is 2. The van der Waals surface area contributed by atoms with Crippen molar-refractivity contribution in [2.45, 2.75) is 58.3 Å². The van der Waals surface area contributed by atoms with E-state index in [4.69, 9.17) is 10.6 Å². The Bertz CT molecular complexity index is 499. The van der Waals surface area contributed by atoms with Crippen LogP contribution in [0.25, 0.3) is 0 Å². The van der Waals surface area contributed by atoms with Crippen LogP contribution in [0, 0.1) is 12.8 Å². The molecular weight excluding hydrogens is 316 g/mol. The van der Waals surface area contributed by atoms with Gasteiger partial charge in [0, 0.05) is 10.4 Å². The standard InChI is InChI=1S/C16H25BrN2O/c1-10-6-7-13(17)11(8-10)14(19-18)12-9-15(2,3)20-16(12,4)5/h6-8,12,14,19H,9,18H2,1-5H3. The summed E-state index contributed by atoms with van der Waals surface area (Å²) in [6, 6.07) is 6.45. The Morgan fingerprint density at radius 1 is 1.35 bits per heavy atom. The van der Waals surface area contributed by atoms with E-state index < -0.39 is 0 Å². The van der Waals surface area contributed by atoms with Gasteiger partial charge in [0.1, 0.15) is 0 Å². The van der Waals surface area contributed by atoms with Crippen molar-refractivity contribution in [3.05, 3.63) is 33.8 Å². The molecule has 1 saturated heterocycles. The van der Waals surface area contributed by atoms with Gasteiger partial charge in [-0.1, -0.05) is 33.6 Å². The van der Waals surface area contributed by atoms with Crippen molar-refractivity contribution >= 4 is 15.9 Å². The summed E-state index contributed by atoms with van der Waals surface area (Å²) in [6.45, 7) is 10.7. The second kappa shape index (κ2) is 5.41. The highest BCUT2D eigenvalue weighted by Crippen LogP contribution is 2.48. The Balaban J connectivity index is 2.40. The molecule has 4 heteroatoms.